The van der Waals surface area contributed by atoms with E-state index in [0.717, 1.165) is 18.8 Å². The van der Waals surface area contributed by atoms with Crippen LogP contribution in [0.25, 0.3) is 0 Å². The zero-order chi connectivity index (χ0) is 14.1. The van der Waals surface area contributed by atoms with Crippen molar-refractivity contribution >= 4 is 21.6 Å². The molecule has 5 nitrogen and oxygen atoms in total. The molecular formula is C14H21BrN4O. The van der Waals surface area contributed by atoms with Gasteiger partial charge in [-0.15, -0.1) is 0 Å². The third-order valence-electron chi connectivity index (χ3n) is 4.48. The zero-order valence-electron chi connectivity index (χ0n) is 11.8. The van der Waals surface area contributed by atoms with Crippen LogP contribution < -0.4 is 15.8 Å². The van der Waals surface area contributed by atoms with E-state index < -0.39 is 0 Å². The van der Waals surface area contributed by atoms with Crippen molar-refractivity contribution in [2.24, 2.45) is 7.05 Å². The molecular weight excluding hydrogens is 320 g/mol. The number of rotatable bonds is 2. The minimum atomic E-state index is -0.0637. The van der Waals surface area contributed by atoms with Gasteiger partial charge in [-0.1, -0.05) is 0 Å². The Labute approximate surface area is 127 Å². The quantitative estimate of drug-likeness (QED) is 0.889. The van der Waals surface area contributed by atoms with E-state index in [0.29, 0.717) is 16.6 Å². The molecule has 3 heterocycles. The Hall–Kier alpha value is -0.880. The molecule has 0 amide bonds. The Kier molecular flexibility index (Phi) is 4.12. The monoisotopic (exact) mass is 340 g/mol. The number of nitrogens with zero attached hydrogens (tertiary/aromatic N) is 3. The fourth-order valence-electron chi connectivity index (χ4n) is 3.42. The summed E-state index contributed by atoms with van der Waals surface area (Å²) in [5.41, 5.74) is 0.887. The number of hydrogen-bond donors (Lipinski definition) is 1. The maximum atomic E-state index is 12.1. The Balaban J connectivity index is 1.93. The highest BCUT2D eigenvalue weighted by Gasteiger charge is 2.33. The van der Waals surface area contributed by atoms with Gasteiger partial charge in [-0.3, -0.25) is 4.79 Å². The standard InChI is InChI=1S/C14H21BrN4O/c1-18-14(20)13(15)12(9-17-18)19-8-3-2-6-11(19)10-5-4-7-16-10/h9-11,16H,2-8H2,1H3. The van der Waals surface area contributed by atoms with Crippen molar-refractivity contribution < 1.29 is 0 Å². The molecule has 2 aliphatic heterocycles. The van der Waals surface area contributed by atoms with E-state index in [4.69, 9.17) is 0 Å². The highest BCUT2D eigenvalue weighted by atomic mass is 79.9. The average Bonchev–Trinajstić information content (AvgIpc) is 2.99. The second kappa shape index (κ2) is 5.85. The number of anilines is 1. The number of piperidine rings is 1. The molecule has 2 atom stereocenters. The molecule has 2 aliphatic rings. The van der Waals surface area contributed by atoms with Crippen molar-refractivity contribution in [3.63, 3.8) is 0 Å². The van der Waals surface area contributed by atoms with Crippen molar-refractivity contribution in [3.05, 3.63) is 21.0 Å². The summed E-state index contributed by atoms with van der Waals surface area (Å²) in [5, 5.41) is 7.80. The third-order valence-corrected chi connectivity index (χ3v) is 5.23. The molecule has 1 aromatic heterocycles. The molecule has 0 bridgehead atoms. The fraction of sp³-hybridized carbons (Fsp3) is 0.714. The van der Waals surface area contributed by atoms with Gasteiger partial charge in [0.05, 0.1) is 11.9 Å². The Morgan fingerprint density at radius 1 is 1.35 bits per heavy atom. The van der Waals surface area contributed by atoms with Crippen LogP contribution in [0.15, 0.2) is 15.5 Å². The Morgan fingerprint density at radius 3 is 2.95 bits per heavy atom. The van der Waals surface area contributed by atoms with E-state index >= 15 is 0 Å². The van der Waals surface area contributed by atoms with Crippen LogP contribution in [0.3, 0.4) is 0 Å². The third kappa shape index (κ3) is 2.51. The van der Waals surface area contributed by atoms with Crippen molar-refractivity contribution in [1.29, 1.82) is 0 Å². The van der Waals surface area contributed by atoms with Crippen LogP contribution in [0.2, 0.25) is 0 Å². The van der Waals surface area contributed by atoms with Crippen molar-refractivity contribution in [2.45, 2.75) is 44.2 Å². The summed E-state index contributed by atoms with van der Waals surface area (Å²) in [6.07, 6.45) is 7.96. The maximum Gasteiger partial charge on any atom is 0.282 e. The molecule has 0 saturated carbocycles. The summed E-state index contributed by atoms with van der Waals surface area (Å²) in [6.45, 7) is 2.13. The first kappa shape index (κ1) is 14.1. The summed E-state index contributed by atoms with van der Waals surface area (Å²) in [7, 11) is 1.68. The van der Waals surface area contributed by atoms with Gasteiger partial charge in [-0.05, 0) is 54.6 Å². The van der Waals surface area contributed by atoms with E-state index in [1.54, 1.807) is 7.05 Å². The smallest absolute Gasteiger partial charge is 0.282 e. The van der Waals surface area contributed by atoms with Crippen LogP contribution in [-0.2, 0) is 7.05 Å². The van der Waals surface area contributed by atoms with Crippen molar-refractivity contribution in [1.82, 2.24) is 15.1 Å². The lowest BCUT2D eigenvalue weighted by Gasteiger charge is -2.41. The summed E-state index contributed by atoms with van der Waals surface area (Å²) >= 11 is 3.47. The van der Waals surface area contributed by atoms with Crippen molar-refractivity contribution in [3.8, 4) is 0 Å². The molecule has 1 N–H and O–H groups in total. The van der Waals surface area contributed by atoms with Crippen LogP contribution in [0.4, 0.5) is 5.69 Å². The highest BCUT2D eigenvalue weighted by Crippen LogP contribution is 2.31. The number of aryl methyl sites for hydroxylation is 1. The number of nitrogens with one attached hydrogen (secondary N) is 1. The number of halogens is 1. The largest absolute Gasteiger partial charge is 0.365 e. The average molecular weight is 341 g/mol. The lowest BCUT2D eigenvalue weighted by molar-refractivity contribution is 0.377. The Bertz CT molecular complexity index is 538. The second-order valence-corrected chi connectivity index (χ2v) is 6.52. The minimum absolute atomic E-state index is 0.0637. The Morgan fingerprint density at radius 2 is 2.20 bits per heavy atom. The first-order chi connectivity index (χ1) is 9.68. The number of aromatic nitrogens is 2. The molecule has 1 aromatic rings. The minimum Gasteiger partial charge on any atom is -0.365 e. The van der Waals surface area contributed by atoms with Gasteiger partial charge in [0.15, 0.2) is 0 Å². The lowest BCUT2D eigenvalue weighted by atomic mass is 9.94. The molecule has 2 saturated heterocycles. The molecule has 0 radical (unpaired) electrons. The van der Waals surface area contributed by atoms with Gasteiger partial charge in [0, 0.05) is 25.7 Å². The zero-order valence-corrected chi connectivity index (χ0v) is 13.4. The predicted octanol–water partition coefficient (Wildman–Crippen LogP) is 1.65. The van der Waals surface area contributed by atoms with Gasteiger partial charge in [0.1, 0.15) is 4.47 Å². The molecule has 3 rings (SSSR count). The normalized spacial score (nSPS) is 27.0. The summed E-state index contributed by atoms with van der Waals surface area (Å²) in [4.78, 5) is 14.5. The molecule has 2 unspecified atom stereocenters. The van der Waals surface area contributed by atoms with Gasteiger partial charge in [0.25, 0.3) is 5.56 Å². The van der Waals surface area contributed by atoms with E-state index in [9.17, 15) is 4.79 Å². The predicted molar refractivity (Wildman–Crippen MR) is 83.2 cm³/mol. The lowest BCUT2D eigenvalue weighted by Crippen LogP contribution is -2.51. The molecule has 0 aromatic carbocycles. The topological polar surface area (TPSA) is 50.2 Å². The maximum absolute atomic E-state index is 12.1. The van der Waals surface area contributed by atoms with Crippen LogP contribution >= 0.6 is 15.9 Å². The van der Waals surface area contributed by atoms with Gasteiger partial charge in [-0.25, -0.2) is 4.68 Å². The van der Waals surface area contributed by atoms with Crippen LogP contribution in [0.5, 0.6) is 0 Å². The van der Waals surface area contributed by atoms with Crippen LogP contribution in [-0.4, -0.2) is 35.0 Å². The number of hydrogen-bond acceptors (Lipinski definition) is 4. The highest BCUT2D eigenvalue weighted by molar-refractivity contribution is 9.10. The first-order valence-electron chi connectivity index (χ1n) is 7.40. The van der Waals surface area contributed by atoms with Gasteiger partial charge in [0.2, 0.25) is 0 Å². The van der Waals surface area contributed by atoms with Crippen LogP contribution in [0, 0.1) is 0 Å². The second-order valence-electron chi connectivity index (χ2n) is 5.73. The van der Waals surface area contributed by atoms with Crippen molar-refractivity contribution in [2.75, 3.05) is 18.0 Å². The molecule has 110 valence electrons. The summed E-state index contributed by atoms with van der Waals surface area (Å²) < 4.78 is 2.01. The fourth-order valence-corrected chi connectivity index (χ4v) is 4.00. The van der Waals surface area contributed by atoms with Gasteiger partial charge in [-0.2, -0.15) is 5.10 Å². The molecule has 2 fully saturated rings. The molecule has 0 spiro atoms. The SMILES string of the molecule is Cn1ncc(N2CCCCC2C2CCCN2)c(Br)c1=O. The molecule has 6 heteroatoms. The van der Waals surface area contributed by atoms with Gasteiger partial charge >= 0.3 is 0 Å². The van der Waals surface area contributed by atoms with E-state index in [1.165, 1.54) is 36.8 Å². The summed E-state index contributed by atoms with van der Waals surface area (Å²) in [6, 6.07) is 1.03. The van der Waals surface area contributed by atoms with E-state index in [1.807, 2.05) is 6.20 Å². The van der Waals surface area contributed by atoms with Gasteiger partial charge < -0.3 is 10.2 Å². The van der Waals surface area contributed by atoms with E-state index in [-0.39, 0.29) is 5.56 Å². The summed E-state index contributed by atoms with van der Waals surface area (Å²) in [5.74, 6) is 0. The van der Waals surface area contributed by atoms with E-state index in [2.05, 4.69) is 31.2 Å². The molecule has 20 heavy (non-hydrogen) atoms. The first-order valence-corrected chi connectivity index (χ1v) is 8.19. The van der Waals surface area contributed by atoms with Crippen LogP contribution in [0.1, 0.15) is 32.1 Å². The molecule has 0 aliphatic carbocycles.